The summed E-state index contributed by atoms with van der Waals surface area (Å²) in [6.07, 6.45) is -1.25. The van der Waals surface area contributed by atoms with Crippen LogP contribution in [-0.4, -0.2) is 57.0 Å². The number of nitrogens with one attached hydrogen (secondary N) is 1. The maximum atomic E-state index is 9.15. The van der Waals surface area contributed by atoms with Crippen molar-refractivity contribution in [3.05, 3.63) is 0 Å². The number of nitrogens with zero attached hydrogens (tertiary/aromatic N) is 1. The summed E-state index contributed by atoms with van der Waals surface area (Å²) in [7, 11) is 7.44. The molecule has 0 aromatic rings. The molecule has 0 aromatic heterocycles. The third kappa shape index (κ3) is 34.4. The molecule has 0 aromatic carbocycles. The van der Waals surface area contributed by atoms with E-state index in [0.29, 0.717) is 0 Å². The van der Waals surface area contributed by atoms with Gasteiger partial charge >= 0.3 is 0 Å². The fraction of sp³-hybridized carbons (Fsp3) is 0.857. The zero-order chi connectivity index (χ0) is 10.2. The van der Waals surface area contributed by atoms with Gasteiger partial charge in [0.1, 0.15) is 12.6 Å². The van der Waals surface area contributed by atoms with Gasteiger partial charge in [0, 0.05) is 7.05 Å². The minimum absolute atomic E-state index is 0. The van der Waals surface area contributed by atoms with E-state index in [0.717, 1.165) is 11.0 Å². The number of aliphatic hydroxyl groups excluding tert-OH is 1. The molecule has 6 heteroatoms. The summed E-state index contributed by atoms with van der Waals surface area (Å²) in [5.74, 6) is 0. The molecule has 0 spiro atoms. The van der Waals surface area contributed by atoms with Crippen molar-refractivity contribution in [1.29, 1.82) is 0 Å². The fourth-order valence-electron chi connectivity index (χ4n) is 0.300. The van der Waals surface area contributed by atoms with Gasteiger partial charge in [-0.2, -0.15) is 0 Å². The lowest BCUT2D eigenvalue weighted by molar-refractivity contribution is -0.870. The standard InChI is InChI=1S/C5H14NO.C2H5NO2.ClH/c1-6(2,3)4-5-7;1-3-2(4)5;/h7H,4-5H2,1-3H3;3H,1H3,(H,4,5);1H/q+1;;/p-1. The molecule has 2 N–H and O–H groups in total. The Labute approximate surface area is 85.4 Å². The summed E-state index contributed by atoms with van der Waals surface area (Å²) in [4.78, 5) is 9.15. The number of carboxylic acid groups (broad SMARTS) is 1. The molecule has 0 fully saturated rings. The Hall–Kier alpha value is -0.520. The number of amides is 1. The van der Waals surface area contributed by atoms with Gasteiger partial charge in [0.15, 0.2) is 0 Å². The van der Waals surface area contributed by atoms with Crippen molar-refractivity contribution in [3.8, 4) is 0 Å². The Morgan fingerprint density at radius 1 is 1.46 bits per heavy atom. The van der Waals surface area contributed by atoms with Crippen LogP contribution in [0.3, 0.4) is 0 Å². The van der Waals surface area contributed by atoms with E-state index in [1.165, 1.54) is 7.05 Å². The Kier molecular flexibility index (Phi) is 13.5. The zero-order valence-electron chi connectivity index (χ0n) is 8.53. The minimum Gasteiger partial charge on any atom is -0.530 e. The molecular weight excluding hydrogens is 196 g/mol. The van der Waals surface area contributed by atoms with Crippen LogP contribution in [0.15, 0.2) is 0 Å². The van der Waals surface area contributed by atoms with Crippen LogP contribution in [-0.2, 0) is 0 Å². The van der Waals surface area contributed by atoms with Gasteiger partial charge in [0.25, 0.3) is 0 Å². The molecule has 5 nitrogen and oxygen atoms in total. The molecule has 0 rings (SSSR count). The topological polar surface area (TPSA) is 72.4 Å². The SMILES string of the molecule is CNC(=O)[O-].C[N+](C)(C)CCO.Cl. The lowest BCUT2D eigenvalue weighted by atomic mass is 10.5. The molecule has 0 aliphatic carbocycles. The zero-order valence-corrected chi connectivity index (χ0v) is 9.35. The molecule has 13 heavy (non-hydrogen) atoms. The number of likely N-dealkylation sites (N-methyl/N-ethyl adjacent to an activating group) is 1. The fourth-order valence-corrected chi connectivity index (χ4v) is 0.300. The number of carbonyl (C=O) groups is 1. The normalized spacial score (nSPS) is 9.00. The van der Waals surface area contributed by atoms with Crippen LogP contribution in [0.25, 0.3) is 0 Å². The van der Waals surface area contributed by atoms with E-state index < -0.39 is 6.09 Å². The van der Waals surface area contributed by atoms with Crippen LogP contribution in [0.4, 0.5) is 4.79 Å². The summed E-state index contributed by atoms with van der Waals surface area (Å²) < 4.78 is 0.844. The Balaban J connectivity index is -0.000000150. The van der Waals surface area contributed by atoms with Crippen molar-refractivity contribution >= 4 is 18.5 Å². The molecule has 0 unspecified atom stereocenters. The van der Waals surface area contributed by atoms with E-state index in [1.54, 1.807) is 0 Å². The van der Waals surface area contributed by atoms with E-state index in [1.807, 2.05) is 5.32 Å². The van der Waals surface area contributed by atoms with Gasteiger partial charge in [-0.05, 0) is 0 Å². The van der Waals surface area contributed by atoms with E-state index in [9.17, 15) is 0 Å². The molecule has 0 saturated heterocycles. The minimum atomic E-state index is -1.25. The Bertz CT molecular complexity index is 125. The van der Waals surface area contributed by atoms with Crippen molar-refractivity contribution in [2.75, 3.05) is 41.3 Å². The number of rotatable bonds is 2. The van der Waals surface area contributed by atoms with E-state index in [2.05, 4.69) is 21.1 Å². The predicted octanol–water partition coefficient (Wildman–Crippen LogP) is -1.34. The van der Waals surface area contributed by atoms with Crippen molar-refractivity contribution in [3.63, 3.8) is 0 Å². The average Bonchev–Trinajstić information content (AvgIpc) is 1.86. The number of hydrogen-bond acceptors (Lipinski definition) is 3. The molecule has 0 aliphatic heterocycles. The van der Waals surface area contributed by atoms with Crippen LogP contribution >= 0.6 is 12.4 Å². The molecule has 0 radical (unpaired) electrons. The van der Waals surface area contributed by atoms with Gasteiger partial charge in [-0.1, -0.05) is 0 Å². The number of halogens is 1. The second-order valence-electron chi connectivity index (χ2n) is 3.27. The van der Waals surface area contributed by atoms with Gasteiger partial charge in [-0.15, -0.1) is 12.4 Å². The molecule has 0 saturated carbocycles. The van der Waals surface area contributed by atoms with E-state index >= 15 is 0 Å². The second-order valence-corrected chi connectivity index (χ2v) is 3.27. The van der Waals surface area contributed by atoms with Crippen molar-refractivity contribution in [2.45, 2.75) is 0 Å². The van der Waals surface area contributed by atoms with Gasteiger partial charge in [0.05, 0.1) is 27.7 Å². The number of hydrogen-bond donors (Lipinski definition) is 2. The summed E-state index contributed by atoms with van der Waals surface area (Å²) in [5.41, 5.74) is 0. The second kappa shape index (κ2) is 9.57. The average molecular weight is 215 g/mol. The maximum Gasteiger partial charge on any atom is 0.133 e. The highest BCUT2D eigenvalue weighted by atomic mass is 35.5. The first kappa shape index (κ1) is 18.3. The monoisotopic (exact) mass is 214 g/mol. The lowest BCUT2D eigenvalue weighted by Crippen LogP contribution is -2.36. The van der Waals surface area contributed by atoms with Gasteiger partial charge in [-0.3, -0.25) is 0 Å². The Morgan fingerprint density at radius 2 is 1.77 bits per heavy atom. The van der Waals surface area contributed by atoms with Crippen LogP contribution in [0.1, 0.15) is 0 Å². The van der Waals surface area contributed by atoms with Crippen molar-refractivity contribution < 1.29 is 19.5 Å². The van der Waals surface area contributed by atoms with Crippen molar-refractivity contribution in [1.82, 2.24) is 5.32 Å². The van der Waals surface area contributed by atoms with Gasteiger partial charge in [0.2, 0.25) is 0 Å². The molecule has 82 valence electrons. The highest BCUT2D eigenvalue weighted by molar-refractivity contribution is 5.85. The summed E-state index contributed by atoms with van der Waals surface area (Å²) in [6, 6.07) is 0. The quantitative estimate of drug-likeness (QED) is 0.559. The molecule has 0 atom stereocenters. The first-order valence-corrected chi connectivity index (χ1v) is 3.63. The molecular formula is C7H19ClN2O3. The highest BCUT2D eigenvalue weighted by Gasteiger charge is 2.02. The molecule has 1 amide bonds. The Morgan fingerprint density at radius 3 is 1.77 bits per heavy atom. The highest BCUT2D eigenvalue weighted by Crippen LogP contribution is 1.84. The van der Waals surface area contributed by atoms with Crippen LogP contribution in [0.2, 0.25) is 0 Å². The first-order valence-electron chi connectivity index (χ1n) is 3.63. The number of aliphatic hydroxyl groups is 1. The first-order chi connectivity index (χ1) is 5.33. The van der Waals surface area contributed by atoms with Crippen LogP contribution < -0.4 is 10.4 Å². The number of carbonyl (C=O) groups excluding carboxylic acids is 1. The van der Waals surface area contributed by atoms with E-state index in [4.69, 9.17) is 15.0 Å². The largest absolute Gasteiger partial charge is 0.530 e. The smallest absolute Gasteiger partial charge is 0.133 e. The third-order valence-corrected chi connectivity index (χ3v) is 0.975. The maximum absolute atomic E-state index is 9.15. The summed E-state index contributed by atoms with van der Waals surface area (Å²) in [5, 5.41) is 19.4. The van der Waals surface area contributed by atoms with Crippen LogP contribution in [0, 0.1) is 0 Å². The molecule has 0 heterocycles. The van der Waals surface area contributed by atoms with Gasteiger partial charge < -0.3 is 24.8 Å². The van der Waals surface area contributed by atoms with E-state index in [-0.39, 0.29) is 19.0 Å². The predicted molar refractivity (Wildman–Crippen MR) is 51.7 cm³/mol. The lowest BCUT2D eigenvalue weighted by Gasteiger charge is -2.21. The van der Waals surface area contributed by atoms with Crippen LogP contribution in [0.5, 0.6) is 0 Å². The summed E-state index contributed by atoms with van der Waals surface area (Å²) in [6.45, 7) is 1.11. The van der Waals surface area contributed by atoms with Crippen molar-refractivity contribution in [2.24, 2.45) is 0 Å². The number of quaternary nitrogens is 1. The molecule has 0 bridgehead atoms. The third-order valence-electron chi connectivity index (χ3n) is 0.975. The van der Waals surface area contributed by atoms with Gasteiger partial charge in [-0.25, -0.2) is 0 Å². The summed E-state index contributed by atoms with van der Waals surface area (Å²) >= 11 is 0. The molecule has 0 aliphatic rings.